The summed E-state index contributed by atoms with van der Waals surface area (Å²) in [5.74, 6) is -1.91. The second kappa shape index (κ2) is 5.73. The smallest absolute Gasteiger partial charge is 0.343 e. The Hall–Kier alpha value is -2.86. The quantitative estimate of drug-likeness (QED) is 0.682. The van der Waals surface area contributed by atoms with Gasteiger partial charge in [-0.1, -0.05) is 17.7 Å². The van der Waals surface area contributed by atoms with Gasteiger partial charge in [-0.15, -0.1) is 0 Å². The van der Waals surface area contributed by atoms with E-state index in [9.17, 15) is 19.1 Å². The minimum Gasteiger partial charge on any atom is -0.477 e. The number of hydrogen-bond acceptors (Lipinski definition) is 3. The lowest BCUT2D eigenvalue weighted by Gasteiger charge is -2.11. The predicted octanol–water partition coefficient (Wildman–Crippen LogP) is 3.76. The van der Waals surface area contributed by atoms with Crippen molar-refractivity contribution in [1.82, 2.24) is 4.98 Å². The van der Waals surface area contributed by atoms with Crippen molar-refractivity contribution in [1.29, 1.82) is 0 Å². The second-order valence-corrected chi connectivity index (χ2v) is 5.27. The Bertz CT molecular complexity index is 985. The summed E-state index contributed by atoms with van der Waals surface area (Å²) in [4.78, 5) is 26.7. The highest BCUT2D eigenvalue weighted by Gasteiger charge is 2.19. The van der Waals surface area contributed by atoms with Crippen molar-refractivity contribution in [3.63, 3.8) is 0 Å². The highest BCUT2D eigenvalue weighted by Crippen LogP contribution is 2.22. The van der Waals surface area contributed by atoms with Gasteiger partial charge in [-0.3, -0.25) is 4.79 Å². The van der Waals surface area contributed by atoms with Crippen molar-refractivity contribution in [2.75, 3.05) is 5.32 Å². The van der Waals surface area contributed by atoms with Crippen molar-refractivity contribution < 1.29 is 14.3 Å². The molecule has 1 aromatic heterocycles. The lowest BCUT2D eigenvalue weighted by Crippen LogP contribution is -2.19. The number of aromatic nitrogens is 1. The van der Waals surface area contributed by atoms with Crippen LogP contribution in [0, 0.1) is 5.82 Å². The molecule has 5 nitrogen and oxygen atoms in total. The first-order chi connectivity index (χ1) is 11.0. The van der Waals surface area contributed by atoms with Gasteiger partial charge in [-0.05, 0) is 36.4 Å². The Kier molecular flexibility index (Phi) is 3.75. The average Bonchev–Trinajstić information content (AvgIpc) is 2.48. The number of pyridine rings is 1. The third kappa shape index (κ3) is 2.89. The number of aromatic amines is 1. The molecule has 0 atom stereocenters. The van der Waals surface area contributed by atoms with E-state index in [4.69, 9.17) is 11.6 Å². The highest BCUT2D eigenvalue weighted by molar-refractivity contribution is 6.31. The Morgan fingerprint density at radius 3 is 2.70 bits per heavy atom. The van der Waals surface area contributed by atoms with Gasteiger partial charge >= 0.3 is 5.97 Å². The first-order valence-electron chi connectivity index (χ1n) is 6.57. The maximum atomic E-state index is 13.3. The van der Waals surface area contributed by atoms with E-state index in [0.29, 0.717) is 16.2 Å². The number of rotatable bonds is 3. The SMILES string of the molecule is O=C(O)c1c(Nc2cccc(F)c2)[nH]c2ccc(Cl)cc2c1=O. The molecule has 3 aromatic rings. The first-order valence-corrected chi connectivity index (χ1v) is 6.95. The van der Waals surface area contributed by atoms with Crippen LogP contribution in [-0.4, -0.2) is 16.1 Å². The van der Waals surface area contributed by atoms with Crippen LogP contribution in [0.5, 0.6) is 0 Å². The number of benzene rings is 2. The number of nitrogens with one attached hydrogen (secondary N) is 2. The molecule has 0 saturated heterocycles. The number of carbonyl (C=O) groups is 1. The minimum atomic E-state index is -1.40. The summed E-state index contributed by atoms with van der Waals surface area (Å²) in [6.07, 6.45) is 0. The summed E-state index contributed by atoms with van der Waals surface area (Å²) in [5, 5.41) is 12.6. The summed E-state index contributed by atoms with van der Waals surface area (Å²) in [6, 6.07) is 10.0. The topological polar surface area (TPSA) is 82.2 Å². The number of aromatic carboxylic acids is 1. The summed E-state index contributed by atoms with van der Waals surface area (Å²) in [7, 11) is 0. The van der Waals surface area contributed by atoms with Gasteiger partial charge in [-0.2, -0.15) is 0 Å². The van der Waals surface area contributed by atoms with E-state index in [0.717, 1.165) is 0 Å². The summed E-state index contributed by atoms with van der Waals surface area (Å²) in [5.41, 5.74) is -0.406. The van der Waals surface area contributed by atoms with Crippen molar-refractivity contribution in [2.45, 2.75) is 0 Å². The van der Waals surface area contributed by atoms with E-state index in [1.807, 2.05) is 0 Å². The molecule has 0 spiro atoms. The fourth-order valence-corrected chi connectivity index (χ4v) is 2.44. The third-order valence-electron chi connectivity index (χ3n) is 3.27. The number of carboxylic acids is 1. The molecule has 0 aliphatic carbocycles. The van der Waals surface area contributed by atoms with Gasteiger partial charge in [0.1, 0.15) is 17.2 Å². The number of anilines is 2. The van der Waals surface area contributed by atoms with Gasteiger partial charge in [-0.25, -0.2) is 9.18 Å². The maximum absolute atomic E-state index is 13.3. The van der Waals surface area contributed by atoms with Gasteiger partial charge in [0, 0.05) is 16.1 Å². The molecule has 0 radical (unpaired) electrons. The lowest BCUT2D eigenvalue weighted by molar-refractivity contribution is 0.0696. The van der Waals surface area contributed by atoms with Crippen LogP contribution in [0.15, 0.2) is 47.3 Å². The van der Waals surface area contributed by atoms with Crippen molar-refractivity contribution >= 4 is 40.0 Å². The van der Waals surface area contributed by atoms with Gasteiger partial charge in [0.2, 0.25) is 5.43 Å². The highest BCUT2D eigenvalue weighted by atomic mass is 35.5. The van der Waals surface area contributed by atoms with Crippen LogP contribution >= 0.6 is 11.6 Å². The van der Waals surface area contributed by atoms with E-state index in [2.05, 4.69) is 10.3 Å². The van der Waals surface area contributed by atoms with Crippen LogP contribution in [0.4, 0.5) is 15.9 Å². The maximum Gasteiger partial charge on any atom is 0.343 e. The molecule has 0 unspecified atom stereocenters. The molecule has 0 fully saturated rings. The number of H-pyrrole nitrogens is 1. The Morgan fingerprint density at radius 2 is 2.00 bits per heavy atom. The zero-order valence-electron chi connectivity index (χ0n) is 11.6. The fraction of sp³-hybridized carbons (Fsp3) is 0. The standard InChI is InChI=1S/C16H10ClFN2O3/c17-8-4-5-12-11(6-8)14(21)13(16(22)23)15(20-12)19-10-3-1-2-9(18)7-10/h1-7H,(H,22,23)(H2,19,20,21). The van der Waals surface area contributed by atoms with Crippen LogP contribution in [0.1, 0.15) is 10.4 Å². The molecule has 23 heavy (non-hydrogen) atoms. The van der Waals surface area contributed by atoms with E-state index >= 15 is 0 Å². The number of fused-ring (bicyclic) bond motifs is 1. The molecular formula is C16H10ClFN2O3. The summed E-state index contributed by atoms with van der Waals surface area (Å²) < 4.78 is 13.3. The monoisotopic (exact) mass is 332 g/mol. The molecule has 116 valence electrons. The van der Waals surface area contributed by atoms with Crippen LogP contribution < -0.4 is 10.7 Å². The summed E-state index contributed by atoms with van der Waals surface area (Å²) in [6.45, 7) is 0. The van der Waals surface area contributed by atoms with Gasteiger partial charge in [0.25, 0.3) is 0 Å². The zero-order valence-corrected chi connectivity index (χ0v) is 12.3. The molecule has 0 bridgehead atoms. The Balaban J connectivity index is 2.23. The first kappa shape index (κ1) is 15.1. The van der Waals surface area contributed by atoms with Gasteiger partial charge in [0.15, 0.2) is 0 Å². The number of halogens is 2. The van der Waals surface area contributed by atoms with Crippen molar-refractivity contribution in [3.05, 3.63) is 69.1 Å². The van der Waals surface area contributed by atoms with Gasteiger partial charge in [0.05, 0.1) is 5.52 Å². The van der Waals surface area contributed by atoms with Crippen LogP contribution in [0.3, 0.4) is 0 Å². The number of carboxylic acid groups (broad SMARTS) is 1. The van der Waals surface area contributed by atoms with Crippen molar-refractivity contribution in [3.8, 4) is 0 Å². The summed E-state index contributed by atoms with van der Waals surface area (Å²) >= 11 is 5.85. The van der Waals surface area contributed by atoms with Crippen molar-refractivity contribution in [2.24, 2.45) is 0 Å². The molecule has 0 aliphatic heterocycles. The van der Waals surface area contributed by atoms with Crippen LogP contribution in [0.25, 0.3) is 10.9 Å². The molecule has 3 N–H and O–H groups in total. The van der Waals surface area contributed by atoms with Gasteiger partial charge < -0.3 is 15.4 Å². The number of hydrogen-bond donors (Lipinski definition) is 3. The molecule has 3 rings (SSSR count). The van der Waals surface area contributed by atoms with E-state index in [1.54, 1.807) is 18.2 Å². The minimum absolute atomic E-state index is 0.0251. The molecule has 0 amide bonds. The Morgan fingerprint density at radius 1 is 1.22 bits per heavy atom. The lowest BCUT2D eigenvalue weighted by atomic mass is 10.1. The molecule has 2 aromatic carbocycles. The van der Waals surface area contributed by atoms with Crippen LogP contribution in [0.2, 0.25) is 5.02 Å². The molecule has 0 saturated carbocycles. The van der Waals surface area contributed by atoms with E-state index in [1.165, 1.54) is 24.3 Å². The van der Waals surface area contributed by atoms with Crippen LogP contribution in [-0.2, 0) is 0 Å². The Labute approximate surface area is 134 Å². The average molecular weight is 333 g/mol. The molecular weight excluding hydrogens is 323 g/mol. The molecule has 0 aliphatic rings. The second-order valence-electron chi connectivity index (χ2n) is 4.83. The molecule has 7 heteroatoms. The van der Waals surface area contributed by atoms with E-state index < -0.39 is 22.8 Å². The molecule has 1 heterocycles. The third-order valence-corrected chi connectivity index (χ3v) is 3.51. The normalized spacial score (nSPS) is 10.7. The van der Waals surface area contributed by atoms with E-state index in [-0.39, 0.29) is 11.2 Å². The fourth-order valence-electron chi connectivity index (χ4n) is 2.27. The predicted molar refractivity (Wildman–Crippen MR) is 86.2 cm³/mol. The zero-order chi connectivity index (χ0) is 16.6. The largest absolute Gasteiger partial charge is 0.477 e.